The molecule has 2 aromatic carbocycles. The molecule has 1 saturated heterocycles. The lowest BCUT2D eigenvalue weighted by Crippen LogP contribution is -2.39. The van der Waals surface area contributed by atoms with Crippen LogP contribution >= 0.6 is 11.6 Å². The number of carbonyl (C=O) groups excluding carboxylic acids is 2. The van der Waals surface area contributed by atoms with E-state index >= 15 is 0 Å². The Morgan fingerprint density at radius 3 is 2.38 bits per heavy atom. The third-order valence-corrected chi connectivity index (χ3v) is 6.19. The molecule has 1 fully saturated rings. The maximum atomic E-state index is 13.5. The summed E-state index contributed by atoms with van der Waals surface area (Å²) in [4.78, 5) is 30.4. The molecule has 2 aliphatic heterocycles. The molecule has 5 heteroatoms. The molecule has 2 amide bonds. The minimum absolute atomic E-state index is 0.264. The number of anilines is 1. The van der Waals surface area contributed by atoms with Gasteiger partial charge in [0, 0.05) is 18.1 Å². The summed E-state index contributed by atoms with van der Waals surface area (Å²) in [5.74, 6) is -0.0621. The van der Waals surface area contributed by atoms with Crippen LogP contribution in [0.4, 0.5) is 5.69 Å². The molecular formula is C24H25ClN2O2. The summed E-state index contributed by atoms with van der Waals surface area (Å²) < 4.78 is 0. The summed E-state index contributed by atoms with van der Waals surface area (Å²) in [7, 11) is 0. The van der Waals surface area contributed by atoms with Gasteiger partial charge in [-0.15, -0.1) is 0 Å². The smallest absolute Gasteiger partial charge is 0.282 e. The first-order chi connectivity index (χ1) is 13.9. The van der Waals surface area contributed by atoms with Gasteiger partial charge in [0.25, 0.3) is 11.8 Å². The fourth-order valence-corrected chi connectivity index (χ4v) is 4.31. The molecule has 0 aliphatic carbocycles. The van der Waals surface area contributed by atoms with E-state index in [1.54, 1.807) is 12.1 Å². The monoisotopic (exact) mass is 408 g/mol. The first-order valence-electron chi connectivity index (χ1n) is 10.1. The molecule has 2 aliphatic rings. The second-order valence-corrected chi connectivity index (χ2v) is 8.57. The number of amides is 2. The number of nitrogens with zero attached hydrogens (tertiary/aromatic N) is 2. The molecule has 1 unspecified atom stereocenters. The van der Waals surface area contributed by atoms with Crippen LogP contribution in [-0.2, 0) is 9.59 Å². The van der Waals surface area contributed by atoms with Crippen molar-refractivity contribution in [1.82, 2.24) is 4.90 Å². The SMILES string of the molecule is Cc1ccc(C2=C(N3CCCC(C)C3)C(=O)N(c3ccc(C)c(Cl)c3)C2=O)cc1. The molecule has 0 aromatic heterocycles. The Bertz CT molecular complexity index is 1010. The van der Waals surface area contributed by atoms with Crippen LogP contribution in [0, 0.1) is 19.8 Å². The summed E-state index contributed by atoms with van der Waals surface area (Å²) in [6, 6.07) is 13.1. The van der Waals surface area contributed by atoms with E-state index in [9.17, 15) is 9.59 Å². The summed E-state index contributed by atoms with van der Waals surface area (Å²) in [6.45, 7) is 7.67. The zero-order valence-electron chi connectivity index (χ0n) is 17.0. The normalized spacial score (nSPS) is 20.1. The number of rotatable bonds is 3. The number of benzene rings is 2. The van der Waals surface area contributed by atoms with Gasteiger partial charge < -0.3 is 4.90 Å². The van der Waals surface area contributed by atoms with Crippen LogP contribution < -0.4 is 4.90 Å². The second-order valence-electron chi connectivity index (χ2n) is 8.16. The van der Waals surface area contributed by atoms with Crippen LogP contribution in [0.3, 0.4) is 0 Å². The average Bonchev–Trinajstić information content (AvgIpc) is 2.95. The molecule has 0 radical (unpaired) electrons. The highest BCUT2D eigenvalue weighted by Crippen LogP contribution is 2.37. The summed E-state index contributed by atoms with van der Waals surface area (Å²) >= 11 is 6.29. The Morgan fingerprint density at radius 1 is 1.00 bits per heavy atom. The van der Waals surface area contributed by atoms with Crippen molar-refractivity contribution in [2.24, 2.45) is 5.92 Å². The fraction of sp³-hybridized carbons (Fsp3) is 0.333. The number of hydrogen-bond donors (Lipinski definition) is 0. The van der Waals surface area contributed by atoms with Gasteiger partial charge in [-0.1, -0.05) is 54.4 Å². The Kier molecular flexibility index (Phi) is 5.22. The van der Waals surface area contributed by atoms with E-state index in [0.29, 0.717) is 27.9 Å². The molecule has 1 atom stereocenters. The van der Waals surface area contributed by atoms with Crippen molar-refractivity contribution in [3.05, 3.63) is 69.9 Å². The van der Waals surface area contributed by atoms with Crippen LogP contribution in [-0.4, -0.2) is 29.8 Å². The predicted octanol–water partition coefficient (Wildman–Crippen LogP) is 4.97. The number of aryl methyl sites for hydroxylation is 2. The van der Waals surface area contributed by atoms with Crippen molar-refractivity contribution < 1.29 is 9.59 Å². The highest BCUT2D eigenvalue weighted by molar-refractivity contribution is 6.45. The lowest BCUT2D eigenvalue weighted by molar-refractivity contribution is -0.120. The number of imide groups is 1. The van der Waals surface area contributed by atoms with Gasteiger partial charge in [0.2, 0.25) is 0 Å². The van der Waals surface area contributed by atoms with Crippen LogP contribution in [0.15, 0.2) is 48.2 Å². The standard InChI is InChI=1S/C24H25ClN2O2/c1-15-6-9-18(10-7-15)21-22(26-12-4-5-16(2)14-26)24(29)27(23(21)28)19-11-8-17(3)20(25)13-19/h6-11,13,16H,4-5,12,14H2,1-3H3. The Labute approximate surface area is 176 Å². The zero-order chi connectivity index (χ0) is 20.7. The number of likely N-dealkylation sites (tertiary alicyclic amines) is 1. The van der Waals surface area contributed by atoms with Gasteiger partial charge in [-0.3, -0.25) is 9.59 Å². The van der Waals surface area contributed by atoms with E-state index in [4.69, 9.17) is 11.6 Å². The molecule has 0 bridgehead atoms. The molecule has 0 saturated carbocycles. The molecule has 29 heavy (non-hydrogen) atoms. The van der Waals surface area contributed by atoms with Gasteiger partial charge >= 0.3 is 0 Å². The molecule has 150 valence electrons. The number of piperidine rings is 1. The lowest BCUT2D eigenvalue weighted by atomic mass is 9.97. The molecule has 4 rings (SSSR count). The summed E-state index contributed by atoms with van der Waals surface area (Å²) in [6.07, 6.45) is 2.16. The minimum atomic E-state index is -0.285. The van der Waals surface area contributed by atoms with Crippen molar-refractivity contribution in [3.63, 3.8) is 0 Å². The van der Waals surface area contributed by atoms with Crippen LogP contribution in [0.1, 0.15) is 36.5 Å². The number of halogens is 1. The Hall–Kier alpha value is -2.59. The van der Waals surface area contributed by atoms with E-state index in [2.05, 4.69) is 11.8 Å². The first kappa shape index (κ1) is 19.7. The second kappa shape index (κ2) is 7.68. The zero-order valence-corrected chi connectivity index (χ0v) is 17.8. The molecule has 0 spiro atoms. The largest absolute Gasteiger partial charge is 0.366 e. The average molecular weight is 409 g/mol. The van der Waals surface area contributed by atoms with Gasteiger partial charge in [-0.05, 0) is 55.9 Å². The number of carbonyl (C=O) groups is 2. The maximum absolute atomic E-state index is 13.5. The molecule has 4 nitrogen and oxygen atoms in total. The highest BCUT2D eigenvalue weighted by atomic mass is 35.5. The van der Waals surface area contributed by atoms with Gasteiger partial charge in [-0.25, -0.2) is 4.90 Å². The van der Waals surface area contributed by atoms with Crippen LogP contribution in [0.2, 0.25) is 5.02 Å². The molecule has 0 N–H and O–H groups in total. The fourth-order valence-electron chi connectivity index (χ4n) is 4.14. The Balaban J connectivity index is 1.83. The van der Waals surface area contributed by atoms with E-state index in [-0.39, 0.29) is 11.8 Å². The van der Waals surface area contributed by atoms with Crippen molar-refractivity contribution >= 4 is 34.7 Å². The van der Waals surface area contributed by atoms with Crippen LogP contribution in [0.25, 0.3) is 5.57 Å². The third kappa shape index (κ3) is 3.58. The van der Waals surface area contributed by atoms with E-state index in [1.165, 1.54) is 4.90 Å². The maximum Gasteiger partial charge on any atom is 0.282 e. The minimum Gasteiger partial charge on any atom is -0.366 e. The quantitative estimate of drug-likeness (QED) is 0.673. The topological polar surface area (TPSA) is 40.6 Å². The van der Waals surface area contributed by atoms with Crippen molar-refractivity contribution in [3.8, 4) is 0 Å². The van der Waals surface area contributed by atoms with Gasteiger partial charge in [0.1, 0.15) is 5.70 Å². The van der Waals surface area contributed by atoms with E-state index in [1.807, 2.05) is 44.2 Å². The van der Waals surface area contributed by atoms with Crippen LogP contribution in [0.5, 0.6) is 0 Å². The summed E-state index contributed by atoms with van der Waals surface area (Å²) in [5, 5.41) is 0.542. The van der Waals surface area contributed by atoms with E-state index in [0.717, 1.165) is 42.6 Å². The molecular weight excluding hydrogens is 384 g/mol. The van der Waals surface area contributed by atoms with E-state index < -0.39 is 0 Å². The van der Waals surface area contributed by atoms with Crippen molar-refractivity contribution in [1.29, 1.82) is 0 Å². The lowest BCUT2D eigenvalue weighted by Gasteiger charge is -2.33. The van der Waals surface area contributed by atoms with Crippen molar-refractivity contribution in [2.45, 2.75) is 33.6 Å². The molecule has 2 aromatic rings. The highest BCUT2D eigenvalue weighted by Gasteiger charge is 2.43. The van der Waals surface area contributed by atoms with Crippen molar-refractivity contribution in [2.75, 3.05) is 18.0 Å². The summed E-state index contributed by atoms with van der Waals surface area (Å²) in [5.41, 5.74) is 4.32. The van der Waals surface area contributed by atoms with Gasteiger partial charge in [-0.2, -0.15) is 0 Å². The predicted molar refractivity (Wildman–Crippen MR) is 117 cm³/mol. The number of hydrogen-bond acceptors (Lipinski definition) is 3. The van der Waals surface area contributed by atoms with Gasteiger partial charge in [0.15, 0.2) is 0 Å². The first-order valence-corrected chi connectivity index (χ1v) is 10.5. The molecule has 2 heterocycles. The van der Waals surface area contributed by atoms with Gasteiger partial charge in [0.05, 0.1) is 11.3 Å². The third-order valence-electron chi connectivity index (χ3n) is 5.79. The Morgan fingerprint density at radius 2 is 1.72 bits per heavy atom.